The predicted molar refractivity (Wildman–Crippen MR) is 105 cm³/mol. The number of morpholine rings is 1. The largest absolute Gasteiger partial charge is 0.493 e. The second kappa shape index (κ2) is 10.1. The average molecular weight is 383 g/mol. The quantitative estimate of drug-likeness (QED) is 0.850. The van der Waals surface area contributed by atoms with Gasteiger partial charge in [0, 0.05) is 26.2 Å². The predicted octanol–water partition coefficient (Wildman–Crippen LogP) is 2.80. The molecule has 26 heavy (non-hydrogen) atoms. The Morgan fingerprint density at radius 1 is 1.31 bits per heavy atom. The Morgan fingerprint density at radius 2 is 2.15 bits per heavy atom. The Morgan fingerprint density at radius 3 is 2.96 bits per heavy atom. The van der Waals surface area contributed by atoms with Crippen molar-refractivity contribution in [3.8, 4) is 5.75 Å². The van der Waals surface area contributed by atoms with E-state index in [2.05, 4.69) is 42.3 Å². The third-order valence-electron chi connectivity index (χ3n) is 4.76. The molecule has 0 saturated carbocycles. The normalized spacial score (nSPS) is 20.5. The van der Waals surface area contributed by atoms with E-state index in [4.69, 9.17) is 9.47 Å². The van der Waals surface area contributed by atoms with E-state index in [0.717, 1.165) is 43.9 Å². The first-order valence-electron chi connectivity index (χ1n) is 9.48. The van der Waals surface area contributed by atoms with Crippen molar-refractivity contribution >= 4 is 18.3 Å². The van der Waals surface area contributed by atoms with Crippen molar-refractivity contribution in [1.82, 2.24) is 10.2 Å². The summed E-state index contributed by atoms with van der Waals surface area (Å²) in [4.78, 5) is 14.8. The van der Waals surface area contributed by atoms with E-state index >= 15 is 0 Å². The highest BCUT2D eigenvalue weighted by molar-refractivity contribution is 5.85. The lowest BCUT2D eigenvalue weighted by Crippen LogP contribution is -2.50. The summed E-state index contributed by atoms with van der Waals surface area (Å²) in [7, 11) is 0. The third kappa shape index (κ3) is 5.86. The molecule has 2 heterocycles. The molecular weight excluding hydrogens is 352 g/mol. The van der Waals surface area contributed by atoms with Crippen LogP contribution in [0, 0.1) is 5.92 Å². The first kappa shape index (κ1) is 21.0. The fourth-order valence-corrected chi connectivity index (χ4v) is 3.50. The second-order valence-electron chi connectivity index (χ2n) is 7.48. The third-order valence-corrected chi connectivity index (χ3v) is 4.76. The molecular formula is C20H31ClN2O3. The van der Waals surface area contributed by atoms with Crippen LogP contribution in [0.25, 0.3) is 0 Å². The van der Waals surface area contributed by atoms with Gasteiger partial charge in [-0.05, 0) is 42.4 Å². The maximum Gasteiger partial charge on any atom is 0.250 e. The number of nitrogens with one attached hydrogen (secondary N) is 1. The molecule has 0 spiro atoms. The fraction of sp³-hybridized carbons (Fsp3) is 0.650. The number of aryl methyl sites for hydroxylation is 1. The first-order chi connectivity index (χ1) is 12.1. The summed E-state index contributed by atoms with van der Waals surface area (Å²) in [6.07, 6.45) is 2.98. The number of carbonyl (C=O) groups excluding carboxylic acids is 1. The van der Waals surface area contributed by atoms with Crippen LogP contribution in [-0.4, -0.2) is 49.8 Å². The van der Waals surface area contributed by atoms with Gasteiger partial charge in [0.25, 0.3) is 5.91 Å². The van der Waals surface area contributed by atoms with Crippen molar-refractivity contribution in [2.45, 2.75) is 45.8 Å². The van der Waals surface area contributed by atoms with Gasteiger partial charge in [-0.1, -0.05) is 26.0 Å². The van der Waals surface area contributed by atoms with E-state index in [0.29, 0.717) is 25.6 Å². The van der Waals surface area contributed by atoms with Gasteiger partial charge in [-0.25, -0.2) is 0 Å². The zero-order chi connectivity index (χ0) is 17.6. The molecule has 1 atom stereocenters. The lowest BCUT2D eigenvalue weighted by Gasteiger charge is -2.33. The van der Waals surface area contributed by atoms with Crippen LogP contribution in [0.2, 0.25) is 0 Å². The summed E-state index contributed by atoms with van der Waals surface area (Å²) < 4.78 is 11.5. The van der Waals surface area contributed by atoms with Crippen molar-refractivity contribution in [2.24, 2.45) is 5.92 Å². The molecule has 6 heteroatoms. The second-order valence-corrected chi connectivity index (χ2v) is 7.48. The standard InChI is InChI=1S/C20H30N2O3.ClH/c1-15(2)13-22-8-10-25-19(14-22)20(23)21-12-16-6-7-17-5-3-4-9-24-18(17)11-16;/h6-7,11,15,19H,3-5,8-10,12-14H2,1-2H3,(H,21,23);1H. The molecule has 5 nitrogen and oxygen atoms in total. The molecule has 1 fully saturated rings. The molecule has 1 aromatic rings. The van der Waals surface area contributed by atoms with Crippen molar-refractivity contribution in [3.63, 3.8) is 0 Å². The molecule has 1 aromatic carbocycles. The number of hydrogen-bond acceptors (Lipinski definition) is 4. The van der Waals surface area contributed by atoms with Crippen molar-refractivity contribution in [2.75, 3.05) is 32.8 Å². The molecule has 146 valence electrons. The molecule has 0 bridgehead atoms. The lowest BCUT2D eigenvalue weighted by atomic mass is 10.1. The summed E-state index contributed by atoms with van der Waals surface area (Å²) >= 11 is 0. The first-order valence-corrected chi connectivity index (χ1v) is 9.48. The molecule has 0 aromatic heterocycles. The minimum absolute atomic E-state index is 0. The Balaban J connectivity index is 0.00000243. The summed E-state index contributed by atoms with van der Waals surface area (Å²) in [6.45, 7) is 8.91. The van der Waals surface area contributed by atoms with E-state index in [1.54, 1.807) is 0 Å². The van der Waals surface area contributed by atoms with Gasteiger partial charge in [0.15, 0.2) is 0 Å². The van der Waals surface area contributed by atoms with E-state index in [1.807, 2.05) is 0 Å². The van der Waals surface area contributed by atoms with Gasteiger partial charge in [0.2, 0.25) is 0 Å². The number of halogens is 1. The molecule has 3 rings (SSSR count). The van der Waals surface area contributed by atoms with Gasteiger partial charge in [-0.3, -0.25) is 9.69 Å². The molecule has 0 radical (unpaired) electrons. The van der Waals surface area contributed by atoms with Gasteiger partial charge >= 0.3 is 0 Å². The van der Waals surface area contributed by atoms with Crippen LogP contribution < -0.4 is 10.1 Å². The molecule has 2 aliphatic rings. The molecule has 0 aliphatic carbocycles. The fourth-order valence-electron chi connectivity index (χ4n) is 3.50. The van der Waals surface area contributed by atoms with Crippen LogP contribution in [0.15, 0.2) is 18.2 Å². The number of benzene rings is 1. The lowest BCUT2D eigenvalue weighted by molar-refractivity contribution is -0.138. The Labute approximate surface area is 162 Å². The number of fused-ring (bicyclic) bond motifs is 1. The van der Waals surface area contributed by atoms with E-state index in [-0.39, 0.29) is 24.4 Å². The van der Waals surface area contributed by atoms with E-state index in [9.17, 15) is 4.79 Å². The highest BCUT2D eigenvalue weighted by atomic mass is 35.5. The van der Waals surface area contributed by atoms with Gasteiger partial charge in [-0.2, -0.15) is 0 Å². The molecule has 1 N–H and O–H groups in total. The zero-order valence-electron chi connectivity index (χ0n) is 15.8. The number of ether oxygens (including phenoxy) is 2. The monoisotopic (exact) mass is 382 g/mol. The summed E-state index contributed by atoms with van der Waals surface area (Å²) in [6, 6.07) is 6.28. The maximum absolute atomic E-state index is 12.5. The summed E-state index contributed by atoms with van der Waals surface area (Å²) in [5.41, 5.74) is 2.34. The van der Waals surface area contributed by atoms with Crippen LogP contribution in [-0.2, 0) is 22.5 Å². The van der Waals surface area contributed by atoms with Crippen molar-refractivity contribution in [1.29, 1.82) is 0 Å². The number of hydrogen-bond donors (Lipinski definition) is 1. The van der Waals surface area contributed by atoms with Crippen LogP contribution in [0.3, 0.4) is 0 Å². The Bertz CT molecular complexity index is 594. The molecule has 1 unspecified atom stereocenters. The van der Waals surface area contributed by atoms with Crippen LogP contribution in [0.4, 0.5) is 0 Å². The van der Waals surface area contributed by atoms with Crippen LogP contribution in [0.5, 0.6) is 5.75 Å². The Kier molecular flexibility index (Phi) is 8.19. The van der Waals surface area contributed by atoms with Gasteiger partial charge in [-0.15, -0.1) is 12.4 Å². The smallest absolute Gasteiger partial charge is 0.250 e. The van der Waals surface area contributed by atoms with Crippen molar-refractivity contribution in [3.05, 3.63) is 29.3 Å². The van der Waals surface area contributed by atoms with E-state index < -0.39 is 0 Å². The number of amides is 1. The molecule has 1 saturated heterocycles. The summed E-state index contributed by atoms with van der Waals surface area (Å²) in [5, 5.41) is 3.02. The number of carbonyl (C=O) groups is 1. The highest BCUT2D eigenvalue weighted by Gasteiger charge is 2.26. The van der Waals surface area contributed by atoms with Crippen LogP contribution >= 0.6 is 12.4 Å². The van der Waals surface area contributed by atoms with Crippen molar-refractivity contribution < 1.29 is 14.3 Å². The Hall–Kier alpha value is -1.30. The SMILES string of the molecule is CC(C)CN1CCOC(C(=O)NCc2ccc3c(c2)OCCCC3)C1.Cl. The molecule has 2 aliphatic heterocycles. The average Bonchev–Trinajstić information content (AvgIpc) is 2.84. The summed E-state index contributed by atoms with van der Waals surface area (Å²) in [5.74, 6) is 1.55. The molecule has 1 amide bonds. The zero-order valence-corrected chi connectivity index (χ0v) is 16.6. The van der Waals surface area contributed by atoms with Crippen LogP contribution in [0.1, 0.15) is 37.8 Å². The maximum atomic E-state index is 12.5. The van der Waals surface area contributed by atoms with Gasteiger partial charge in [0.05, 0.1) is 13.2 Å². The van der Waals surface area contributed by atoms with Gasteiger partial charge < -0.3 is 14.8 Å². The van der Waals surface area contributed by atoms with E-state index in [1.165, 1.54) is 12.0 Å². The number of nitrogens with zero attached hydrogens (tertiary/aromatic N) is 1. The minimum Gasteiger partial charge on any atom is -0.493 e. The van der Waals surface area contributed by atoms with Gasteiger partial charge in [0.1, 0.15) is 11.9 Å². The number of rotatable bonds is 5. The minimum atomic E-state index is -0.371. The topological polar surface area (TPSA) is 50.8 Å². The highest BCUT2D eigenvalue weighted by Crippen LogP contribution is 2.25.